The second-order valence-corrected chi connectivity index (χ2v) is 6.80. The molecule has 1 aromatic heterocycles. The highest BCUT2D eigenvalue weighted by Crippen LogP contribution is 2.25. The van der Waals surface area contributed by atoms with E-state index >= 15 is 0 Å². The van der Waals surface area contributed by atoms with Gasteiger partial charge in [-0.15, -0.1) is 0 Å². The third-order valence-electron chi connectivity index (χ3n) is 4.80. The summed E-state index contributed by atoms with van der Waals surface area (Å²) in [5.41, 5.74) is 1.00. The van der Waals surface area contributed by atoms with Crippen LogP contribution >= 0.6 is 0 Å². The summed E-state index contributed by atoms with van der Waals surface area (Å²) >= 11 is 0. The Bertz CT molecular complexity index is 649. The molecule has 5 heteroatoms. The molecule has 1 fully saturated rings. The maximum atomic E-state index is 12.9. The molecule has 2 heterocycles. The number of hydrogen-bond acceptors (Lipinski definition) is 4. The topological polar surface area (TPSA) is 48.7 Å². The third kappa shape index (κ3) is 4.30. The van der Waals surface area contributed by atoms with Crippen molar-refractivity contribution in [3.05, 3.63) is 60.1 Å². The number of likely N-dealkylation sites (N-methyl/N-ethyl adjacent to an activating group) is 1. The fraction of sp³-hybridized carbons (Fsp3) is 0.450. The van der Waals surface area contributed by atoms with Gasteiger partial charge < -0.3 is 9.73 Å². The molecule has 25 heavy (non-hydrogen) atoms. The van der Waals surface area contributed by atoms with Crippen molar-refractivity contribution in [3.8, 4) is 0 Å². The predicted molar refractivity (Wildman–Crippen MR) is 98.1 cm³/mol. The average Bonchev–Trinajstić information content (AvgIpc) is 3.30. The second-order valence-electron chi connectivity index (χ2n) is 6.80. The molecule has 134 valence electrons. The molecule has 0 spiro atoms. The normalized spacial score (nSPS) is 17.6. The van der Waals surface area contributed by atoms with E-state index in [0.29, 0.717) is 6.54 Å². The summed E-state index contributed by atoms with van der Waals surface area (Å²) in [6.45, 7) is 2.66. The highest BCUT2D eigenvalue weighted by molar-refractivity contribution is 5.83. The van der Waals surface area contributed by atoms with E-state index in [4.69, 9.17) is 4.42 Å². The maximum absolute atomic E-state index is 12.9. The van der Waals surface area contributed by atoms with Crippen molar-refractivity contribution >= 4 is 5.91 Å². The molecule has 0 aliphatic carbocycles. The van der Waals surface area contributed by atoms with E-state index in [-0.39, 0.29) is 18.0 Å². The zero-order chi connectivity index (χ0) is 17.6. The highest BCUT2D eigenvalue weighted by Gasteiger charge is 2.28. The van der Waals surface area contributed by atoms with Crippen molar-refractivity contribution in [1.82, 2.24) is 15.1 Å². The lowest BCUT2D eigenvalue weighted by atomic mass is 10.1. The summed E-state index contributed by atoms with van der Waals surface area (Å²) in [4.78, 5) is 17.2. The predicted octanol–water partition coefficient (Wildman–Crippen LogP) is 2.84. The molecule has 3 rings (SSSR count). The van der Waals surface area contributed by atoms with Crippen LogP contribution in [0.1, 0.15) is 36.2 Å². The minimum absolute atomic E-state index is 0.0203. The summed E-state index contributed by atoms with van der Waals surface area (Å²) in [6, 6.07) is 13.6. The van der Waals surface area contributed by atoms with Crippen LogP contribution in [0.5, 0.6) is 0 Å². The Kier molecular flexibility index (Phi) is 5.89. The van der Waals surface area contributed by atoms with Gasteiger partial charge in [0.15, 0.2) is 0 Å². The van der Waals surface area contributed by atoms with Crippen LogP contribution in [0.2, 0.25) is 0 Å². The van der Waals surface area contributed by atoms with Gasteiger partial charge in [0.2, 0.25) is 5.91 Å². The van der Waals surface area contributed by atoms with Gasteiger partial charge in [-0.05, 0) is 57.7 Å². The number of carbonyl (C=O) groups is 1. The lowest BCUT2D eigenvalue weighted by Crippen LogP contribution is -2.41. The van der Waals surface area contributed by atoms with Crippen molar-refractivity contribution in [2.75, 3.05) is 33.7 Å². The number of nitrogens with one attached hydrogen (secondary N) is 1. The second kappa shape index (κ2) is 8.32. The Balaban J connectivity index is 1.70. The molecule has 1 saturated heterocycles. The number of hydrogen-bond donors (Lipinski definition) is 1. The van der Waals surface area contributed by atoms with Gasteiger partial charge in [0.05, 0.1) is 12.3 Å². The molecule has 1 aliphatic heterocycles. The van der Waals surface area contributed by atoms with Gasteiger partial charge in [-0.25, -0.2) is 0 Å². The summed E-state index contributed by atoms with van der Waals surface area (Å²) < 4.78 is 5.63. The van der Waals surface area contributed by atoms with Crippen LogP contribution < -0.4 is 5.32 Å². The summed E-state index contributed by atoms with van der Waals surface area (Å²) in [6.07, 6.45) is 4.11. The zero-order valence-electron chi connectivity index (χ0n) is 15.0. The van der Waals surface area contributed by atoms with Crippen molar-refractivity contribution < 1.29 is 9.21 Å². The fourth-order valence-electron chi connectivity index (χ4n) is 3.56. The monoisotopic (exact) mass is 341 g/mol. The Hall–Kier alpha value is -2.11. The van der Waals surface area contributed by atoms with Gasteiger partial charge in [-0.2, -0.15) is 0 Å². The summed E-state index contributed by atoms with van der Waals surface area (Å²) in [5, 5.41) is 3.15. The fourth-order valence-corrected chi connectivity index (χ4v) is 3.56. The zero-order valence-corrected chi connectivity index (χ0v) is 15.0. The highest BCUT2D eigenvalue weighted by atomic mass is 16.3. The Morgan fingerprint density at radius 2 is 1.88 bits per heavy atom. The van der Waals surface area contributed by atoms with Crippen LogP contribution in [0.3, 0.4) is 0 Å². The number of furan rings is 1. The Morgan fingerprint density at radius 3 is 2.48 bits per heavy atom. The third-order valence-corrected chi connectivity index (χ3v) is 4.80. The summed E-state index contributed by atoms with van der Waals surface area (Å²) in [7, 11) is 3.86. The first-order chi connectivity index (χ1) is 12.2. The van der Waals surface area contributed by atoms with Crippen LogP contribution in [0.15, 0.2) is 53.1 Å². The van der Waals surface area contributed by atoms with Crippen LogP contribution in [-0.2, 0) is 4.79 Å². The largest absolute Gasteiger partial charge is 0.468 e. The van der Waals surface area contributed by atoms with Crippen LogP contribution in [0.4, 0.5) is 0 Å². The van der Waals surface area contributed by atoms with E-state index in [1.165, 1.54) is 12.8 Å². The van der Waals surface area contributed by atoms with Gasteiger partial charge in [0, 0.05) is 6.54 Å². The maximum Gasteiger partial charge on any atom is 0.242 e. The molecule has 2 atom stereocenters. The molecule has 0 bridgehead atoms. The SMILES string of the molecule is CN(C)[C@H](C(=O)NC[C@H](c1ccco1)N1CCCC1)c1ccccc1. The van der Waals surface area contributed by atoms with Gasteiger partial charge in [0.1, 0.15) is 11.8 Å². The molecule has 1 amide bonds. The van der Waals surface area contributed by atoms with E-state index < -0.39 is 0 Å². The van der Waals surface area contributed by atoms with Crippen molar-refractivity contribution in [3.63, 3.8) is 0 Å². The standard InChI is InChI=1S/C20H27N3O2/c1-22(2)19(16-9-4-3-5-10-16)20(24)21-15-17(18-11-8-14-25-18)23-12-6-7-13-23/h3-5,8-11,14,17,19H,6-7,12-13,15H2,1-2H3,(H,21,24)/t17-,19+/m1/s1. The van der Waals surface area contributed by atoms with Gasteiger partial charge >= 0.3 is 0 Å². The number of amides is 1. The van der Waals surface area contributed by atoms with E-state index in [1.54, 1.807) is 6.26 Å². The van der Waals surface area contributed by atoms with Gasteiger partial charge in [-0.1, -0.05) is 30.3 Å². The van der Waals surface area contributed by atoms with Crippen LogP contribution in [-0.4, -0.2) is 49.4 Å². The molecule has 1 N–H and O–H groups in total. The molecular weight excluding hydrogens is 314 g/mol. The molecule has 0 unspecified atom stereocenters. The van der Waals surface area contributed by atoms with Crippen molar-refractivity contribution in [2.45, 2.75) is 24.9 Å². The van der Waals surface area contributed by atoms with Gasteiger partial charge in [-0.3, -0.25) is 14.6 Å². The minimum atomic E-state index is -0.294. The molecule has 1 aromatic carbocycles. The van der Waals surface area contributed by atoms with E-state index in [1.807, 2.05) is 61.5 Å². The molecular formula is C20H27N3O2. The number of rotatable bonds is 7. The van der Waals surface area contributed by atoms with E-state index in [0.717, 1.165) is 24.4 Å². The van der Waals surface area contributed by atoms with E-state index in [9.17, 15) is 4.79 Å². The smallest absolute Gasteiger partial charge is 0.242 e. The first-order valence-electron chi connectivity index (χ1n) is 8.93. The number of benzene rings is 1. The Labute approximate surface area is 149 Å². The number of nitrogens with zero attached hydrogens (tertiary/aromatic N) is 2. The van der Waals surface area contributed by atoms with E-state index in [2.05, 4.69) is 10.2 Å². The minimum Gasteiger partial charge on any atom is -0.468 e. The number of likely N-dealkylation sites (tertiary alicyclic amines) is 1. The summed E-state index contributed by atoms with van der Waals surface area (Å²) in [5.74, 6) is 0.940. The molecule has 1 aliphatic rings. The lowest BCUT2D eigenvalue weighted by Gasteiger charge is -2.28. The van der Waals surface area contributed by atoms with Crippen LogP contribution in [0, 0.1) is 0 Å². The number of carbonyl (C=O) groups excluding carboxylic acids is 1. The molecule has 5 nitrogen and oxygen atoms in total. The first-order valence-corrected chi connectivity index (χ1v) is 8.93. The molecule has 0 saturated carbocycles. The first kappa shape index (κ1) is 17.7. The van der Waals surface area contributed by atoms with Crippen molar-refractivity contribution in [1.29, 1.82) is 0 Å². The lowest BCUT2D eigenvalue weighted by molar-refractivity contribution is -0.126. The van der Waals surface area contributed by atoms with Crippen molar-refractivity contribution in [2.24, 2.45) is 0 Å². The average molecular weight is 341 g/mol. The molecule has 0 radical (unpaired) electrons. The van der Waals surface area contributed by atoms with Gasteiger partial charge in [0.25, 0.3) is 0 Å². The van der Waals surface area contributed by atoms with Crippen LogP contribution in [0.25, 0.3) is 0 Å². The molecule has 2 aromatic rings. The Morgan fingerprint density at radius 1 is 1.16 bits per heavy atom. The quantitative estimate of drug-likeness (QED) is 0.841.